The minimum absolute atomic E-state index is 0.0688. The van der Waals surface area contributed by atoms with Crippen molar-refractivity contribution in [3.8, 4) is 128 Å². The summed E-state index contributed by atoms with van der Waals surface area (Å²) in [7, 11) is 0. The van der Waals surface area contributed by atoms with Gasteiger partial charge in [0.1, 0.15) is 0 Å². The van der Waals surface area contributed by atoms with Crippen molar-refractivity contribution >= 4 is 86.4 Å². The number of nitrogens with zero attached hydrogens (tertiary/aromatic N) is 1. The lowest BCUT2D eigenvalue weighted by Gasteiger charge is -2.61. The maximum atomic E-state index is 2.63. The summed E-state index contributed by atoms with van der Waals surface area (Å²) < 4.78 is 2.50. The number of aromatic nitrogens is 1. The second-order valence-corrected chi connectivity index (χ2v) is 43.1. The van der Waals surface area contributed by atoms with E-state index in [2.05, 4.69) is 437 Å². The molecule has 0 radical (unpaired) electrons. The van der Waals surface area contributed by atoms with Crippen LogP contribution in [0, 0.1) is 47.3 Å². The molecule has 138 heavy (non-hydrogen) atoms. The lowest BCUT2D eigenvalue weighted by Crippen LogP contribution is -2.55. The second-order valence-electron chi connectivity index (χ2n) is 43.1. The summed E-state index contributed by atoms with van der Waals surface area (Å²) in [6.07, 6.45) is 14.2. The summed E-state index contributed by atoms with van der Waals surface area (Å²) in [6.45, 7) is 4.77. The van der Waals surface area contributed by atoms with Crippen LogP contribution in [0.25, 0.3) is 215 Å². The zero-order chi connectivity index (χ0) is 90.5. The van der Waals surface area contributed by atoms with Crippen LogP contribution < -0.4 is 0 Å². The van der Waals surface area contributed by atoms with Crippen LogP contribution >= 0.6 is 0 Å². The molecule has 22 aromatic rings. The predicted molar refractivity (Wildman–Crippen MR) is 580 cm³/mol. The SMILES string of the molecule is CC1(C)c2ccccc2-c2ccc(-c3c4ccccc4c(-c4ccc(-c5ccc(-c6ccc7c(c6)C6(c8ccccc8-7)C7CC8CC(C7)CC6C8)cc5)c5ccccc45)c4ccccc34)cc21.c1cc(-c2cccc3ccccc23)cc(-c2c3ccccc3c(-c3ccc4c5ccccc5n(-c5ccc(-c6ccc7c(c6)C6(c8ccccc8-7)C7CC8CC(C7)CC6C8)cc5)c4c3)c3ccccc23)c1. The summed E-state index contributed by atoms with van der Waals surface area (Å²) in [5, 5.41) is 17.8. The Hall–Kier alpha value is -15.0. The van der Waals surface area contributed by atoms with Gasteiger partial charge in [0, 0.05) is 32.7 Å². The van der Waals surface area contributed by atoms with Gasteiger partial charge in [0.05, 0.1) is 11.0 Å². The van der Waals surface area contributed by atoms with Gasteiger partial charge in [-0.2, -0.15) is 0 Å². The van der Waals surface area contributed by atoms with E-state index in [9.17, 15) is 0 Å². The molecule has 0 saturated heterocycles. The molecule has 21 aromatic carbocycles. The summed E-state index contributed by atoms with van der Waals surface area (Å²) in [6, 6.07) is 160. The number of benzene rings is 21. The van der Waals surface area contributed by atoms with Crippen molar-refractivity contribution in [2.45, 2.75) is 94.3 Å². The third-order valence-corrected chi connectivity index (χ3v) is 36.2. The molecule has 1 heterocycles. The molecule has 0 aliphatic heterocycles. The van der Waals surface area contributed by atoms with Crippen molar-refractivity contribution in [2.24, 2.45) is 47.3 Å². The molecule has 8 saturated carbocycles. The van der Waals surface area contributed by atoms with Gasteiger partial charge in [0.15, 0.2) is 0 Å². The van der Waals surface area contributed by atoms with E-state index in [1.54, 1.807) is 22.3 Å². The smallest absolute Gasteiger partial charge is 0.0547 e. The molecule has 1 heteroatoms. The van der Waals surface area contributed by atoms with Gasteiger partial charge in [-0.3, -0.25) is 0 Å². The number of rotatable bonds is 9. The molecule has 8 bridgehead atoms. The van der Waals surface area contributed by atoms with E-state index in [1.165, 1.54) is 290 Å². The van der Waals surface area contributed by atoms with Crippen molar-refractivity contribution in [2.75, 3.05) is 0 Å². The summed E-state index contributed by atoms with van der Waals surface area (Å²) >= 11 is 0. The normalized spacial score (nSPS) is 21.5. The van der Waals surface area contributed by atoms with E-state index < -0.39 is 0 Å². The fraction of sp³-hybridized carbons (Fsp3) is 0.168. The van der Waals surface area contributed by atoms with E-state index in [-0.39, 0.29) is 16.2 Å². The zero-order valence-corrected chi connectivity index (χ0v) is 78.0. The molecule has 2 spiro atoms. The highest BCUT2D eigenvalue weighted by molar-refractivity contribution is 6.26. The third kappa shape index (κ3) is 11.3. The highest BCUT2D eigenvalue weighted by Crippen LogP contribution is 2.72. The minimum Gasteiger partial charge on any atom is -0.309 e. The molecule has 1 nitrogen and oxygen atoms in total. The molecule has 1 aromatic heterocycles. The molecule has 33 rings (SSSR count). The van der Waals surface area contributed by atoms with Crippen LogP contribution in [0.2, 0.25) is 0 Å². The Morgan fingerprint density at radius 3 is 1.03 bits per heavy atom. The predicted octanol–water partition coefficient (Wildman–Crippen LogP) is 36.5. The first-order chi connectivity index (χ1) is 68.1. The molecular formula is C137H103N. The van der Waals surface area contributed by atoms with E-state index >= 15 is 0 Å². The van der Waals surface area contributed by atoms with Crippen LogP contribution in [0.15, 0.2) is 419 Å². The van der Waals surface area contributed by atoms with Crippen LogP contribution in [0.4, 0.5) is 0 Å². The molecule has 0 amide bonds. The highest BCUT2D eigenvalue weighted by atomic mass is 15.0. The second kappa shape index (κ2) is 30.0. The first-order valence-electron chi connectivity index (χ1n) is 51.1. The van der Waals surface area contributed by atoms with Gasteiger partial charge in [-0.15, -0.1) is 0 Å². The van der Waals surface area contributed by atoms with Gasteiger partial charge < -0.3 is 4.57 Å². The Kier molecular flexibility index (Phi) is 17.2. The average Bonchev–Trinajstić information content (AvgIpc) is 1.52. The fourth-order valence-electron chi connectivity index (χ4n) is 31.1. The van der Waals surface area contributed by atoms with Gasteiger partial charge in [-0.25, -0.2) is 0 Å². The summed E-state index contributed by atoms with van der Waals surface area (Å²) in [5.41, 5.74) is 42.3. The molecule has 0 N–H and O–H groups in total. The largest absolute Gasteiger partial charge is 0.309 e. The van der Waals surface area contributed by atoms with Gasteiger partial charge >= 0.3 is 0 Å². The topological polar surface area (TPSA) is 4.93 Å². The maximum Gasteiger partial charge on any atom is 0.0547 e. The van der Waals surface area contributed by atoms with Gasteiger partial charge in [-0.05, 0) is 380 Å². The maximum absolute atomic E-state index is 2.63. The Labute approximate surface area is 806 Å². The molecule has 8 fully saturated rings. The lowest BCUT2D eigenvalue weighted by molar-refractivity contribution is -0.0399. The minimum atomic E-state index is -0.0688. The van der Waals surface area contributed by atoms with Crippen molar-refractivity contribution in [3.63, 3.8) is 0 Å². The number of para-hydroxylation sites is 1. The number of hydrogen-bond acceptors (Lipinski definition) is 0. The number of fused-ring (bicyclic) bond motifs is 18. The summed E-state index contributed by atoms with van der Waals surface area (Å²) in [4.78, 5) is 0. The Morgan fingerprint density at radius 2 is 0.500 bits per heavy atom. The van der Waals surface area contributed by atoms with Crippen LogP contribution in [0.3, 0.4) is 0 Å². The highest BCUT2D eigenvalue weighted by Gasteiger charge is 2.63. The van der Waals surface area contributed by atoms with E-state index in [0.717, 1.165) is 47.3 Å². The van der Waals surface area contributed by atoms with Crippen molar-refractivity contribution in [3.05, 3.63) is 452 Å². The quantitative estimate of drug-likeness (QED) is 0.127. The van der Waals surface area contributed by atoms with E-state index in [0.29, 0.717) is 0 Å². The van der Waals surface area contributed by atoms with Crippen LogP contribution in [-0.4, -0.2) is 4.57 Å². The molecule has 11 aliphatic carbocycles. The third-order valence-electron chi connectivity index (χ3n) is 36.2. The van der Waals surface area contributed by atoms with Gasteiger partial charge in [0.2, 0.25) is 0 Å². The zero-order valence-electron chi connectivity index (χ0n) is 78.0. The van der Waals surface area contributed by atoms with Crippen molar-refractivity contribution in [1.82, 2.24) is 4.57 Å². The van der Waals surface area contributed by atoms with Gasteiger partial charge in [0.25, 0.3) is 0 Å². The lowest BCUT2D eigenvalue weighted by atomic mass is 9.43. The monoisotopic (exact) mass is 1760 g/mol. The molecule has 656 valence electrons. The van der Waals surface area contributed by atoms with Gasteiger partial charge in [-0.1, -0.05) is 384 Å². The van der Waals surface area contributed by atoms with Crippen LogP contribution in [0.5, 0.6) is 0 Å². The summed E-state index contributed by atoms with van der Waals surface area (Å²) in [5.74, 6) is 6.80. The van der Waals surface area contributed by atoms with Crippen LogP contribution in [0.1, 0.15) is 111 Å². The Morgan fingerprint density at radius 1 is 0.181 bits per heavy atom. The van der Waals surface area contributed by atoms with Crippen LogP contribution in [-0.2, 0) is 16.2 Å². The molecule has 11 aliphatic rings. The molecule has 0 atom stereocenters. The van der Waals surface area contributed by atoms with E-state index in [1.807, 2.05) is 0 Å². The van der Waals surface area contributed by atoms with E-state index in [4.69, 9.17) is 0 Å². The Bertz CT molecular complexity index is 8770. The standard InChI is InChI=1S/C70H51N.C67H52/c1-2-17-54-46(13-1)14-12-24-55(54)48-15-11-16-49(40-48)68-60-20-3-5-22-62(60)69(63-23-6-4-21-61(63)68)50-30-34-59-58-19-8-10-26-66(58)71(67(59)42-50)53-31-27-45(28-32-53)47-29-33-57-56-18-7-9-25-64(56)70(65(57)41-47)51-36-43-35-44(38-51)39-52(70)37-43;1-66(2)60-21-11-9-15-51(60)53-30-28-45(39-62(53)66)64-55-17-5-7-19-57(55)65(58-20-8-6-18-56(58)64)59-32-31-48(49-13-3-4-14-50(49)59)43-25-23-42(24-26-43)44-27-29-54-52-16-10-12-22-61(52)67(63(54)38-44)46-34-40-33-41(36-46)37-47(67)35-40/h1-34,40-44,51-52H,35-39H2;3-32,38-41,46-47H,33-37H2,1-2H3. The molecular weight excluding hydrogens is 1660 g/mol. The Balaban J connectivity index is 0.000000131. The number of hydrogen-bond donors (Lipinski definition) is 0. The fourth-order valence-corrected chi connectivity index (χ4v) is 31.1. The first-order valence-corrected chi connectivity index (χ1v) is 51.1. The van der Waals surface area contributed by atoms with Crippen molar-refractivity contribution in [1.29, 1.82) is 0 Å². The first kappa shape index (κ1) is 79.2. The average molecular weight is 1760 g/mol. The van der Waals surface area contributed by atoms with Crippen molar-refractivity contribution < 1.29 is 0 Å². The molecule has 0 unspecified atom stereocenters.